The van der Waals surface area contributed by atoms with Gasteiger partial charge in [0.25, 0.3) is 5.91 Å². The largest absolute Gasteiger partial charge is 0.351 e. The summed E-state index contributed by atoms with van der Waals surface area (Å²) < 4.78 is 25.6. The Bertz CT molecular complexity index is 1070. The van der Waals surface area contributed by atoms with Crippen LogP contribution >= 0.6 is 11.3 Å². The van der Waals surface area contributed by atoms with Gasteiger partial charge in [0.05, 0.1) is 28.1 Å². The smallest absolute Gasteiger partial charge is 0.271 e. The number of sulfone groups is 1. The fourth-order valence-corrected chi connectivity index (χ4v) is 6.02. The Morgan fingerprint density at radius 1 is 1.21 bits per heavy atom. The van der Waals surface area contributed by atoms with E-state index in [0.717, 1.165) is 23.4 Å². The normalized spacial score (nSPS) is 18.0. The van der Waals surface area contributed by atoms with E-state index in [0.29, 0.717) is 18.7 Å². The van der Waals surface area contributed by atoms with Crippen molar-refractivity contribution in [3.8, 4) is 10.6 Å². The number of thiophene rings is 1. The van der Waals surface area contributed by atoms with Crippen molar-refractivity contribution < 1.29 is 13.2 Å². The lowest BCUT2D eigenvalue weighted by Gasteiger charge is -2.12. The van der Waals surface area contributed by atoms with E-state index in [2.05, 4.69) is 22.5 Å². The molecule has 1 saturated heterocycles. The minimum Gasteiger partial charge on any atom is -0.351 e. The average molecular weight is 430 g/mol. The van der Waals surface area contributed by atoms with Crippen molar-refractivity contribution in [2.24, 2.45) is 0 Å². The maximum Gasteiger partial charge on any atom is 0.271 e. The van der Waals surface area contributed by atoms with Crippen LogP contribution in [0.25, 0.3) is 10.6 Å². The van der Waals surface area contributed by atoms with Gasteiger partial charge in [-0.25, -0.2) is 8.42 Å². The van der Waals surface area contributed by atoms with Gasteiger partial charge in [-0.3, -0.25) is 9.48 Å². The predicted octanol–water partition coefficient (Wildman–Crippen LogP) is 3.33. The number of aryl methyl sites for hydroxylation is 1. The molecule has 8 heteroatoms. The minimum atomic E-state index is -3.04. The van der Waals surface area contributed by atoms with E-state index >= 15 is 0 Å². The quantitative estimate of drug-likeness (QED) is 0.584. The molecule has 152 valence electrons. The fraction of sp³-hybridized carbons (Fsp3) is 0.333. The molecule has 29 heavy (non-hydrogen) atoms. The van der Waals surface area contributed by atoms with Crippen molar-refractivity contribution >= 4 is 27.1 Å². The molecule has 3 heterocycles. The van der Waals surface area contributed by atoms with Crippen molar-refractivity contribution in [1.82, 2.24) is 15.1 Å². The summed E-state index contributed by atoms with van der Waals surface area (Å²) in [6, 6.07) is 15.6. The second-order valence-electron chi connectivity index (χ2n) is 7.24. The third-order valence-corrected chi connectivity index (χ3v) is 7.71. The topological polar surface area (TPSA) is 81.1 Å². The summed E-state index contributed by atoms with van der Waals surface area (Å²) in [5.41, 5.74) is 2.38. The zero-order valence-corrected chi connectivity index (χ0v) is 17.6. The molecule has 1 fully saturated rings. The van der Waals surface area contributed by atoms with Crippen molar-refractivity contribution in [3.63, 3.8) is 0 Å². The van der Waals surface area contributed by atoms with Crippen LogP contribution in [0.4, 0.5) is 0 Å². The number of nitrogens with zero attached hydrogens (tertiary/aromatic N) is 2. The maximum absolute atomic E-state index is 12.6. The molecule has 1 N–H and O–H groups in total. The van der Waals surface area contributed by atoms with Crippen molar-refractivity contribution in [1.29, 1.82) is 0 Å². The van der Waals surface area contributed by atoms with Gasteiger partial charge < -0.3 is 5.32 Å². The fourth-order valence-electron chi connectivity index (χ4n) is 3.59. The molecule has 2 aromatic heterocycles. The Morgan fingerprint density at radius 2 is 2.03 bits per heavy atom. The summed E-state index contributed by atoms with van der Waals surface area (Å²) in [5, 5.41) is 9.39. The standard InChI is InChI=1S/C21H23N3O3S2/c25-21(22-11-4-8-16-6-2-1-3-7-16)18-14-19(20-9-5-12-28-20)24(23-18)17-10-13-29(26,27)15-17/h1-3,5-7,9,12,14,17H,4,8,10-11,13,15H2,(H,22,25). The van der Waals surface area contributed by atoms with Crippen molar-refractivity contribution in [2.45, 2.75) is 25.3 Å². The lowest BCUT2D eigenvalue weighted by molar-refractivity contribution is 0.0947. The van der Waals surface area contributed by atoms with Crippen LogP contribution in [-0.4, -0.2) is 42.2 Å². The van der Waals surface area contributed by atoms with E-state index in [1.807, 2.05) is 35.7 Å². The number of hydrogen-bond donors (Lipinski definition) is 1. The van der Waals surface area contributed by atoms with Crippen molar-refractivity contribution in [2.75, 3.05) is 18.1 Å². The molecule has 0 bridgehead atoms. The van der Waals surface area contributed by atoms with Gasteiger partial charge in [-0.15, -0.1) is 11.3 Å². The molecule has 0 radical (unpaired) electrons. The van der Waals surface area contributed by atoms with E-state index in [-0.39, 0.29) is 23.5 Å². The van der Waals surface area contributed by atoms with E-state index < -0.39 is 9.84 Å². The number of rotatable bonds is 7. The van der Waals surface area contributed by atoms with Gasteiger partial charge in [0.15, 0.2) is 15.5 Å². The molecule has 0 spiro atoms. The van der Waals surface area contributed by atoms with Crippen LogP contribution in [0.15, 0.2) is 53.9 Å². The van der Waals surface area contributed by atoms with Gasteiger partial charge in [-0.2, -0.15) is 5.10 Å². The Kier molecular flexibility index (Phi) is 5.82. The van der Waals surface area contributed by atoms with Crippen LogP contribution in [0.5, 0.6) is 0 Å². The van der Waals surface area contributed by atoms with Gasteiger partial charge in [0, 0.05) is 6.54 Å². The summed E-state index contributed by atoms with van der Waals surface area (Å²) in [6.07, 6.45) is 2.27. The zero-order chi connectivity index (χ0) is 20.3. The van der Waals surface area contributed by atoms with E-state index in [1.165, 1.54) is 5.56 Å². The predicted molar refractivity (Wildman–Crippen MR) is 115 cm³/mol. The van der Waals surface area contributed by atoms with Gasteiger partial charge in [0.1, 0.15) is 0 Å². The first-order valence-corrected chi connectivity index (χ1v) is 12.4. The third-order valence-electron chi connectivity index (χ3n) is 5.07. The van der Waals surface area contributed by atoms with E-state index in [1.54, 1.807) is 22.1 Å². The maximum atomic E-state index is 12.6. The van der Waals surface area contributed by atoms with Gasteiger partial charge in [-0.1, -0.05) is 36.4 Å². The molecule has 3 aromatic rings. The molecule has 1 aromatic carbocycles. The molecular weight excluding hydrogens is 406 g/mol. The van der Waals surface area contributed by atoms with Crippen LogP contribution in [0.1, 0.15) is 34.9 Å². The highest BCUT2D eigenvalue weighted by molar-refractivity contribution is 7.91. The van der Waals surface area contributed by atoms with Crippen LogP contribution in [-0.2, 0) is 16.3 Å². The van der Waals surface area contributed by atoms with E-state index in [9.17, 15) is 13.2 Å². The number of hydrogen-bond acceptors (Lipinski definition) is 5. The monoisotopic (exact) mass is 429 g/mol. The highest BCUT2D eigenvalue weighted by atomic mass is 32.2. The molecule has 0 saturated carbocycles. The Labute approximate surface area is 174 Å². The van der Waals surface area contributed by atoms with Crippen molar-refractivity contribution in [3.05, 3.63) is 65.2 Å². The SMILES string of the molecule is O=C(NCCCc1ccccc1)c1cc(-c2cccs2)n(C2CCS(=O)(=O)C2)n1. The molecule has 6 nitrogen and oxygen atoms in total. The number of nitrogens with one attached hydrogen (secondary N) is 1. The highest BCUT2D eigenvalue weighted by Gasteiger charge is 2.32. The van der Waals surface area contributed by atoms with Gasteiger partial charge >= 0.3 is 0 Å². The lowest BCUT2D eigenvalue weighted by Crippen LogP contribution is -2.25. The van der Waals surface area contributed by atoms with E-state index in [4.69, 9.17) is 0 Å². The Hall–Kier alpha value is -2.45. The summed E-state index contributed by atoms with van der Waals surface area (Å²) in [5.74, 6) is 0.0172. The van der Waals surface area contributed by atoms with Crippen LogP contribution < -0.4 is 5.32 Å². The lowest BCUT2D eigenvalue weighted by atomic mass is 10.1. The first-order chi connectivity index (χ1) is 14.0. The second kappa shape index (κ2) is 8.51. The summed E-state index contributed by atoms with van der Waals surface area (Å²) in [4.78, 5) is 13.6. The van der Waals surface area contributed by atoms with Gasteiger partial charge in [0.2, 0.25) is 0 Å². The number of aromatic nitrogens is 2. The summed E-state index contributed by atoms with van der Waals surface area (Å²) >= 11 is 1.55. The van der Waals surface area contributed by atoms with Crippen LogP contribution in [0.3, 0.4) is 0 Å². The molecule has 4 rings (SSSR count). The molecule has 1 unspecified atom stereocenters. The zero-order valence-electron chi connectivity index (χ0n) is 16.0. The molecule has 1 aliphatic heterocycles. The Balaban J connectivity index is 1.46. The molecule has 1 aliphatic rings. The second-order valence-corrected chi connectivity index (χ2v) is 10.4. The number of amides is 1. The molecule has 1 atom stereocenters. The Morgan fingerprint density at radius 3 is 2.72 bits per heavy atom. The first-order valence-electron chi connectivity index (χ1n) is 9.68. The molecule has 0 aliphatic carbocycles. The number of carbonyl (C=O) groups is 1. The average Bonchev–Trinajstić information content (AvgIpc) is 3.44. The summed E-state index contributed by atoms with van der Waals surface area (Å²) in [6.45, 7) is 0.562. The molecular formula is C21H23N3O3S2. The number of benzene rings is 1. The number of carbonyl (C=O) groups excluding carboxylic acids is 1. The minimum absolute atomic E-state index is 0.0746. The van der Waals surface area contributed by atoms with Crippen LogP contribution in [0, 0.1) is 0 Å². The highest BCUT2D eigenvalue weighted by Crippen LogP contribution is 2.32. The molecule has 1 amide bonds. The summed E-state index contributed by atoms with van der Waals surface area (Å²) in [7, 11) is -3.04. The third kappa shape index (κ3) is 4.76. The van der Waals surface area contributed by atoms with Gasteiger partial charge in [-0.05, 0) is 42.3 Å². The van der Waals surface area contributed by atoms with Crippen LogP contribution in [0.2, 0.25) is 0 Å². The first kappa shape index (κ1) is 19.8.